The van der Waals surface area contributed by atoms with Gasteiger partial charge in [0.25, 0.3) is 0 Å². The zero-order valence-corrected chi connectivity index (χ0v) is 8.17. The van der Waals surface area contributed by atoms with Crippen LogP contribution in [0.2, 0.25) is 0 Å². The number of rotatable bonds is 1. The van der Waals surface area contributed by atoms with E-state index >= 15 is 0 Å². The summed E-state index contributed by atoms with van der Waals surface area (Å²) in [5.41, 5.74) is 2.87. The summed E-state index contributed by atoms with van der Waals surface area (Å²) in [5.74, 6) is 0. The second-order valence-corrected chi connectivity index (χ2v) is 3.37. The first-order chi connectivity index (χ1) is 7.27. The van der Waals surface area contributed by atoms with Crippen molar-refractivity contribution in [1.29, 1.82) is 0 Å². The molecule has 74 valence electrons. The van der Waals surface area contributed by atoms with Gasteiger partial charge in [0.1, 0.15) is 0 Å². The fourth-order valence-corrected chi connectivity index (χ4v) is 1.32. The molecule has 0 spiro atoms. The number of fused-ring (bicyclic) bond motifs is 1. The summed E-state index contributed by atoms with van der Waals surface area (Å²) < 4.78 is 0. The van der Waals surface area contributed by atoms with Crippen molar-refractivity contribution >= 4 is 12.6 Å². The van der Waals surface area contributed by atoms with Crippen LogP contribution in [0, 0.1) is 0 Å². The van der Waals surface area contributed by atoms with E-state index in [1.807, 2.05) is 42.5 Å². The number of benzene rings is 2. The van der Waals surface area contributed by atoms with E-state index in [1.54, 1.807) is 12.1 Å². The molecule has 3 rings (SSSR count). The maximum absolute atomic E-state index is 8.61. The first-order valence-electron chi connectivity index (χ1n) is 4.79. The van der Waals surface area contributed by atoms with E-state index in [4.69, 9.17) is 10.0 Å². The Hall–Kier alpha value is -1.58. The van der Waals surface area contributed by atoms with E-state index in [0.717, 1.165) is 11.1 Å². The molecule has 0 amide bonds. The molecule has 0 aliphatic heterocycles. The molecule has 2 N–H and O–H groups in total. The van der Waals surface area contributed by atoms with Crippen LogP contribution in [0.4, 0.5) is 0 Å². The Bertz CT molecular complexity index is 394. The lowest BCUT2D eigenvalue weighted by Crippen LogP contribution is -2.27. The zero-order valence-electron chi connectivity index (χ0n) is 8.17. The highest BCUT2D eigenvalue weighted by atomic mass is 16.4. The lowest BCUT2D eigenvalue weighted by Gasteiger charge is -1.89. The molecule has 1 aromatic rings. The van der Waals surface area contributed by atoms with Crippen LogP contribution in [0.25, 0.3) is 11.1 Å². The second kappa shape index (κ2) is 4.30. The molecule has 0 unspecified atom stereocenters. The van der Waals surface area contributed by atoms with Crippen molar-refractivity contribution in [3.05, 3.63) is 54.6 Å². The van der Waals surface area contributed by atoms with E-state index in [0.29, 0.717) is 5.46 Å². The summed E-state index contributed by atoms with van der Waals surface area (Å²) in [7, 11) is -1.30. The number of hydrogen-bond acceptors (Lipinski definition) is 2. The van der Waals surface area contributed by atoms with Gasteiger partial charge in [0, 0.05) is 0 Å². The third-order valence-corrected chi connectivity index (χ3v) is 2.17. The highest BCUT2D eigenvalue weighted by Gasteiger charge is 2.20. The van der Waals surface area contributed by atoms with Crippen molar-refractivity contribution in [3.63, 3.8) is 0 Å². The van der Waals surface area contributed by atoms with Crippen LogP contribution in [0.15, 0.2) is 54.6 Å². The highest BCUT2D eigenvalue weighted by Crippen LogP contribution is 2.31. The molecule has 2 aliphatic rings. The van der Waals surface area contributed by atoms with E-state index in [9.17, 15) is 0 Å². The fraction of sp³-hybridized carbons (Fsp3) is 0. The quantitative estimate of drug-likeness (QED) is 0.573. The van der Waals surface area contributed by atoms with Crippen LogP contribution >= 0.6 is 0 Å². The molecule has 0 aromatic heterocycles. The summed E-state index contributed by atoms with van der Waals surface area (Å²) >= 11 is 0. The van der Waals surface area contributed by atoms with E-state index < -0.39 is 7.12 Å². The van der Waals surface area contributed by atoms with Crippen LogP contribution in [-0.2, 0) is 0 Å². The Morgan fingerprint density at radius 2 is 1.07 bits per heavy atom. The van der Waals surface area contributed by atoms with Gasteiger partial charge in [-0.3, -0.25) is 0 Å². The minimum absolute atomic E-state index is 0.600. The maximum Gasteiger partial charge on any atom is 0.488 e. The van der Waals surface area contributed by atoms with Crippen molar-refractivity contribution in [2.45, 2.75) is 0 Å². The molecular weight excluding hydrogens is 187 g/mol. The SMILES string of the molecule is OB(O)c1cc2cc-2c1.c1ccccc1. The van der Waals surface area contributed by atoms with Gasteiger partial charge in [-0.2, -0.15) is 0 Å². The molecule has 0 bridgehead atoms. The third-order valence-electron chi connectivity index (χ3n) is 2.17. The van der Waals surface area contributed by atoms with Crippen molar-refractivity contribution in [2.24, 2.45) is 0 Å². The predicted molar refractivity (Wildman–Crippen MR) is 61.7 cm³/mol. The van der Waals surface area contributed by atoms with E-state index in [-0.39, 0.29) is 0 Å². The van der Waals surface area contributed by atoms with Gasteiger partial charge in [0.15, 0.2) is 0 Å². The first-order valence-corrected chi connectivity index (χ1v) is 4.79. The molecule has 0 heterocycles. The topological polar surface area (TPSA) is 40.5 Å². The van der Waals surface area contributed by atoms with Crippen molar-refractivity contribution in [2.75, 3.05) is 0 Å². The molecule has 2 aliphatic carbocycles. The summed E-state index contributed by atoms with van der Waals surface area (Å²) in [4.78, 5) is 0. The van der Waals surface area contributed by atoms with Gasteiger partial charge < -0.3 is 10.0 Å². The summed E-state index contributed by atoms with van der Waals surface area (Å²) in [5, 5.41) is 17.2. The highest BCUT2D eigenvalue weighted by molar-refractivity contribution is 6.59. The van der Waals surface area contributed by atoms with Crippen LogP contribution in [0.1, 0.15) is 0 Å². The minimum Gasteiger partial charge on any atom is -0.423 e. The van der Waals surface area contributed by atoms with Crippen LogP contribution in [0.3, 0.4) is 0 Å². The molecule has 3 heteroatoms. The van der Waals surface area contributed by atoms with Gasteiger partial charge in [-0.15, -0.1) is 0 Å². The molecule has 0 saturated carbocycles. The maximum atomic E-state index is 8.61. The predicted octanol–water partition coefficient (Wildman–Crippen LogP) is 1.03. The van der Waals surface area contributed by atoms with Crippen molar-refractivity contribution in [3.8, 4) is 11.1 Å². The molecule has 1 aromatic carbocycles. The molecule has 0 fully saturated rings. The zero-order chi connectivity index (χ0) is 10.7. The van der Waals surface area contributed by atoms with Crippen molar-refractivity contribution < 1.29 is 10.0 Å². The monoisotopic (exact) mass is 198 g/mol. The Labute approximate surface area is 89.0 Å². The Morgan fingerprint density at radius 1 is 0.667 bits per heavy atom. The average Bonchev–Trinajstić information content (AvgIpc) is 2.89. The number of hydrogen-bond donors (Lipinski definition) is 2. The van der Waals surface area contributed by atoms with Gasteiger partial charge >= 0.3 is 7.12 Å². The van der Waals surface area contributed by atoms with E-state index in [2.05, 4.69) is 0 Å². The summed E-state index contributed by atoms with van der Waals surface area (Å²) in [6, 6.07) is 17.5. The molecule has 0 atom stereocenters. The lowest BCUT2D eigenvalue weighted by atomic mass is 9.82. The average molecular weight is 198 g/mol. The van der Waals surface area contributed by atoms with E-state index in [1.165, 1.54) is 0 Å². The van der Waals surface area contributed by atoms with Crippen LogP contribution in [0.5, 0.6) is 0 Å². The molecule has 2 nitrogen and oxygen atoms in total. The van der Waals surface area contributed by atoms with Gasteiger partial charge in [-0.1, -0.05) is 48.5 Å². The first kappa shape index (κ1) is 9.96. The van der Waals surface area contributed by atoms with Gasteiger partial charge in [-0.25, -0.2) is 0 Å². The second-order valence-electron chi connectivity index (χ2n) is 3.37. The minimum atomic E-state index is -1.30. The standard InChI is InChI=1S/C6H5BO2.C6H6/c8-7(9)6-2-4-1-5(4)3-6;1-2-4-6-5-3-1/h1-3,8-9H;1-6H. The third kappa shape index (κ3) is 2.69. The van der Waals surface area contributed by atoms with Gasteiger partial charge in [-0.05, 0) is 22.7 Å². The van der Waals surface area contributed by atoms with Crippen LogP contribution in [-0.4, -0.2) is 17.2 Å². The largest absolute Gasteiger partial charge is 0.488 e. The Balaban J connectivity index is 0.000000124. The molecule has 0 radical (unpaired) electrons. The Kier molecular flexibility index (Phi) is 2.85. The summed E-state index contributed by atoms with van der Waals surface area (Å²) in [6.45, 7) is 0. The Morgan fingerprint density at radius 3 is 1.33 bits per heavy atom. The lowest BCUT2D eigenvalue weighted by molar-refractivity contribution is 0.426. The summed E-state index contributed by atoms with van der Waals surface area (Å²) in [6.07, 6.45) is 0. The molecule has 15 heavy (non-hydrogen) atoms. The fourth-order valence-electron chi connectivity index (χ4n) is 1.32. The normalized spacial score (nSPS) is 10.0. The molecular formula is C12H11BO2. The van der Waals surface area contributed by atoms with Crippen LogP contribution < -0.4 is 5.46 Å². The van der Waals surface area contributed by atoms with Gasteiger partial charge in [0.05, 0.1) is 0 Å². The van der Waals surface area contributed by atoms with Gasteiger partial charge in [0.2, 0.25) is 0 Å². The molecule has 0 saturated heterocycles. The van der Waals surface area contributed by atoms with Crippen molar-refractivity contribution in [1.82, 2.24) is 0 Å². The smallest absolute Gasteiger partial charge is 0.423 e.